The summed E-state index contributed by atoms with van der Waals surface area (Å²) in [6, 6.07) is 1.64. The number of rotatable bonds is 0. The zero-order chi connectivity index (χ0) is 21.1. The van der Waals surface area contributed by atoms with Gasteiger partial charge in [-0.15, -0.1) is 0 Å². The number of hydrogen-bond donors (Lipinski definition) is 1. The average Bonchev–Trinajstić information content (AvgIpc) is 2.64. The highest BCUT2D eigenvalue weighted by Crippen LogP contribution is 2.41. The van der Waals surface area contributed by atoms with Gasteiger partial charge < -0.3 is 19.9 Å². The quantitative estimate of drug-likeness (QED) is 0.642. The van der Waals surface area contributed by atoms with E-state index in [1.807, 2.05) is 27.7 Å². The van der Waals surface area contributed by atoms with Crippen LogP contribution in [0.4, 0.5) is 16.2 Å². The number of anilines is 2. The Labute approximate surface area is 178 Å². The topological polar surface area (TPSA) is 74.8 Å². The lowest BCUT2D eigenvalue weighted by atomic mass is 9.99. The van der Waals surface area contributed by atoms with E-state index in [0.717, 1.165) is 32.2 Å². The molecule has 2 aliphatic rings. The van der Waals surface area contributed by atoms with Crippen LogP contribution in [0.25, 0.3) is 10.9 Å². The molecule has 2 amide bonds. The molecule has 1 atom stereocenters. The normalized spacial score (nSPS) is 19.0. The van der Waals surface area contributed by atoms with E-state index in [-0.39, 0.29) is 12.0 Å². The third-order valence-electron chi connectivity index (χ3n) is 5.36. The maximum absolute atomic E-state index is 12.8. The molecule has 3 heterocycles. The average molecular weight is 461 g/mol. The van der Waals surface area contributed by atoms with Crippen molar-refractivity contribution in [3.8, 4) is 0 Å². The number of aryl methyl sites for hydroxylation is 2. The van der Waals surface area contributed by atoms with Crippen molar-refractivity contribution in [2.24, 2.45) is 0 Å². The van der Waals surface area contributed by atoms with Crippen LogP contribution in [0.15, 0.2) is 16.7 Å². The molecule has 29 heavy (non-hydrogen) atoms. The van der Waals surface area contributed by atoms with Crippen molar-refractivity contribution in [1.29, 1.82) is 0 Å². The summed E-state index contributed by atoms with van der Waals surface area (Å²) in [6.45, 7) is 11.0. The monoisotopic (exact) mass is 460 g/mol. The number of fused-ring (bicyclic) bond motifs is 5. The van der Waals surface area contributed by atoms with Gasteiger partial charge in [0.15, 0.2) is 0 Å². The Kier molecular flexibility index (Phi) is 4.72. The van der Waals surface area contributed by atoms with E-state index in [0.29, 0.717) is 25.3 Å². The minimum Gasteiger partial charge on any atom is -0.444 e. The number of carbonyl (C=O) groups excluding carboxylic acids is 2. The molecular weight excluding hydrogens is 436 g/mol. The maximum atomic E-state index is 12.8. The van der Waals surface area contributed by atoms with Crippen molar-refractivity contribution < 1.29 is 14.3 Å². The molecule has 154 valence electrons. The van der Waals surface area contributed by atoms with Crippen molar-refractivity contribution in [2.45, 2.75) is 46.3 Å². The van der Waals surface area contributed by atoms with E-state index < -0.39 is 11.6 Å². The second-order valence-electron chi connectivity index (χ2n) is 8.67. The minimum absolute atomic E-state index is 0.127. The van der Waals surface area contributed by atoms with Gasteiger partial charge in [-0.05, 0) is 51.8 Å². The van der Waals surface area contributed by atoms with Gasteiger partial charge in [-0.1, -0.05) is 15.9 Å². The lowest BCUT2D eigenvalue weighted by Crippen LogP contribution is -2.61. The Hall–Kier alpha value is -2.35. The summed E-state index contributed by atoms with van der Waals surface area (Å²) < 4.78 is 6.54. The summed E-state index contributed by atoms with van der Waals surface area (Å²) in [5.41, 5.74) is 4.22. The molecule has 1 aromatic carbocycles. The third kappa shape index (κ3) is 3.43. The smallest absolute Gasteiger partial charge is 0.410 e. The van der Waals surface area contributed by atoms with Crippen LogP contribution in [-0.2, 0) is 9.53 Å². The van der Waals surface area contributed by atoms with Crippen molar-refractivity contribution in [3.63, 3.8) is 0 Å². The highest BCUT2D eigenvalue weighted by Gasteiger charge is 2.40. The van der Waals surface area contributed by atoms with Gasteiger partial charge in [0, 0.05) is 22.9 Å². The molecule has 7 nitrogen and oxygen atoms in total. The van der Waals surface area contributed by atoms with Crippen LogP contribution in [0.3, 0.4) is 0 Å². The molecule has 4 rings (SSSR count). The van der Waals surface area contributed by atoms with Gasteiger partial charge in [0.05, 0.1) is 29.6 Å². The van der Waals surface area contributed by atoms with Crippen molar-refractivity contribution >= 4 is 50.2 Å². The largest absolute Gasteiger partial charge is 0.444 e. The molecule has 1 aromatic heterocycles. The van der Waals surface area contributed by atoms with Crippen LogP contribution in [0.1, 0.15) is 31.9 Å². The van der Waals surface area contributed by atoms with Crippen LogP contribution in [0, 0.1) is 13.8 Å². The van der Waals surface area contributed by atoms with E-state index in [4.69, 9.17) is 4.74 Å². The fraction of sp³-hybridized carbons (Fsp3) is 0.476. The molecule has 2 aliphatic heterocycles. The highest BCUT2D eigenvalue weighted by molar-refractivity contribution is 9.10. The predicted octanol–water partition coefficient (Wildman–Crippen LogP) is 3.99. The van der Waals surface area contributed by atoms with Gasteiger partial charge in [0.1, 0.15) is 11.6 Å². The SMILES string of the molecule is Cc1cc2c3c(cnc2c(C)c1Br)NC(=O)[C@H]1CN(C(=O)OC(C)(C)C)CCN31. The van der Waals surface area contributed by atoms with E-state index >= 15 is 0 Å². The Morgan fingerprint density at radius 1 is 1.31 bits per heavy atom. The molecule has 0 radical (unpaired) electrons. The number of ether oxygens (including phenoxy) is 1. The van der Waals surface area contributed by atoms with Crippen LogP contribution >= 0.6 is 15.9 Å². The molecule has 0 unspecified atom stereocenters. The second kappa shape index (κ2) is 6.86. The van der Waals surface area contributed by atoms with Crippen molar-refractivity contribution in [2.75, 3.05) is 29.9 Å². The van der Waals surface area contributed by atoms with Gasteiger partial charge in [0.2, 0.25) is 5.91 Å². The first-order valence-corrected chi connectivity index (χ1v) is 10.5. The van der Waals surface area contributed by atoms with Gasteiger partial charge >= 0.3 is 6.09 Å². The lowest BCUT2D eigenvalue weighted by molar-refractivity contribution is -0.118. The number of benzene rings is 1. The van der Waals surface area contributed by atoms with Crippen LogP contribution in [0.2, 0.25) is 0 Å². The summed E-state index contributed by atoms with van der Waals surface area (Å²) in [7, 11) is 0. The molecule has 0 spiro atoms. The minimum atomic E-state index is -0.569. The fourth-order valence-electron chi connectivity index (χ4n) is 4.02. The van der Waals surface area contributed by atoms with Crippen LogP contribution in [0.5, 0.6) is 0 Å². The summed E-state index contributed by atoms with van der Waals surface area (Å²) in [6.07, 6.45) is 1.34. The van der Waals surface area contributed by atoms with Gasteiger partial charge in [-0.3, -0.25) is 9.78 Å². The highest BCUT2D eigenvalue weighted by atomic mass is 79.9. The number of nitrogens with one attached hydrogen (secondary N) is 1. The molecule has 1 saturated heterocycles. The molecule has 8 heteroatoms. The number of hydrogen-bond acceptors (Lipinski definition) is 5. The number of nitrogens with zero attached hydrogens (tertiary/aromatic N) is 3. The van der Waals surface area contributed by atoms with Gasteiger partial charge in [-0.25, -0.2) is 4.79 Å². The van der Waals surface area contributed by atoms with Gasteiger partial charge in [-0.2, -0.15) is 0 Å². The number of amides is 2. The second-order valence-corrected chi connectivity index (χ2v) is 9.47. The first-order chi connectivity index (χ1) is 13.6. The first kappa shape index (κ1) is 19.9. The van der Waals surface area contributed by atoms with E-state index in [9.17, 15) is 9.59 Å². The summed E-state index contributed by atoms with van der Waals surface area (Å²) >= 11 is 3.64. The van der Waals surface area contributed by atoms with E-state index in [2.05, 4.69) is 44.1 Å². The lowest BCUT2D eigenvalue weighted by Gasteiger charge is -2.45. The summed E-state index contributed by atoms with van der Waals surface area (Å²) in [5, 5.41) is 3.99. The number of halogens is 1. The summed E-state index contributed by atoms with van der Waals surface area (Å²) in [4.78, 5) is 33.6. The molecular formula is C21H25BrN4O3. The summed E-state index contributed by atoms with van der Waals surface area (Å²) in [5.74, 6) is -0.127. The molecule has 2 aromatic rings. The Balaban J connectivity index is 1.73. The first-order valence-electron chi connectivity index (χ1n) is 9.70. The van der Waals surface area contributed by atoms with Crippen molar-refractivity contribution in [3.05, 3.63) is 27.9 Å². The fourth-order valence-corrected chi connectivity index (χ4v) is 4.32. The van der Waals surface area contributed by atoms with Crippen LogP contribution < -0.4 is 10.2 Å². The van der Waals surface area contributed by atoms with E-state index in [1.165, 1.54) is 0 Å². The Bertz CT molecular complexity index is 1030. The molecule has 0 saturated carbocycles. The van der Waals surface area contributed by atoms with Gasteiger partial charge in [0.25, 0.3) is 0 Å². The number of aromatic nitrogens is 1. The Morgan fingerprint density at radius 3 is 2.72 bits per heavy atom. The number of pyridine rings is 1. The molecule has 0 bridgehead atoms. The predicted molar refractivity (Wildman–Crippen MR) is 116 cm³/mol. The number of piperazine rings is 1. The molecule has 1 fully saturated rings. The third-order valence-corrected chi connectivity index (χ3v) is 6.58. The zero-order valence-corrected chi connectivity index (χ0v) is 18.9. The van der Waals surface area contributed by atoms with Crippen molar-refractivity contribution in [1.82, 2.24) is 9.88 Å². The van der Waals surface area contributed by atoms with Crippen LogP contribution in [-0.4, -0.2) is 53.2 Å². The maximum Gasteiger partial charge on any atom is 0.410 e. The Morgan fingerprint density at radius 2 is 2.03 bits per heavy atom. The molecule has 1 N–H and O–H groups in total. The molecule has 0 aliphatic carbocycles. The van der Waals surface area contributed by atoms with E-state index in [1.54, 1.807) is 11.1 Å². The number of carbonyl (C=O) groups is 2. The zero-order valence-electron chi connectivity index (χ0n) is 17.3. The standard InChI is InChI=1S/C21H25BrN4O3/c1-11-8-13-17(12(2)16(11)22)23-9-14-18(13)26-7-6-25(10-15(26)19(27)24-14)20(28)29-21(3,4)5/h8-9,15H,6-7,10H2,1-5H3,(H,24,27)/t15-/m1/s1.